The van der Waals surface area contributed by atoms with Gasteiger partial charge < -0.3 is 4.42 Å². The molecule has 2 aromatic rings. The van der Waals surface area contributed by atoms with Crippen molar-refractivity contribution in [1.82, 2.24) is 0 Å². The molecule has 1 aromatic carbocycles. The number of furan rings is 1. The predicted molar refractivity (Wildman–Crippen MR) is 45.6 cm³/mol. The van der Waals surface area contributed by atoms with Crippen molar-refractivity contribution in [1.29, 1.82) is 0 Å². The Morgan fingerprint density at radius 2 is 2.08 bits per heavy atom. The quantitative estimate of drug-likeness (QED) is 0.582. The maximum Gasteiger partial charge on any atom is 0.137 e. The fraction of sp³-hybridized carbons (Fsp3) is 0.200. The first-order chi connectivity index (χ1) is 5.70. The van der Waals surface area contributed by atoms with Crippen LogP contribution in [0, 0.1) is 19.7 Å². The molecule has 1 heterocycles. The molecule has 0 saturated carbocycles. The van der Waals surface area contributed by atoms with Gasteiger partial charge in [-0.25, -0.2) is 4.39 Å². The number of rotatable bonds is 0. The average Bonchev–Trinajstić information content (AvgIpc) is 2.48. The van der Waals surface area contributed by atoms with E-state index in [1.54, 1.807) is 13.0 Å². The molecule has 0 radical (unpaired) electrons. The van der Waals surface area contributed by atoms with Crippen LogP contribution in [-0.2, 0) is 0 Å². The van der Waals surface area contributed by atoms with Crippen LogP contribution >= 0.6 is 0 Å². The fourth-order valence-corrected chi connectivity index (χ4v) is 1.29. The molecule has 1 nitrogen and oxygen atoms in total. The van der Waals surface area contributed by atoms with E-state index < -0.39 is 0 Å². The van der Waals surface area contributed by atoms with Crippen molar-refractivity contribution in [3.8, 4) is 0 Å². The summed E-state index contributed by atoms with van der Waals surface area (Å²) in [5, 5.41) is 0.568. The molecular formula is C10H9FO. The maximum atomic E-state index is 13.4. The first-order valence-corrected chi connectivity index (χ1v) is 3.83. The molecule has 2 heteroatoms. The van der Waals surface area contributed by atoms with Gasteiger partial charge in [0.1, 0.15) is 11.4 Å². The zero-order valence-corrected chi connectivity index (χ0v) is 7.02. The molecule has 0 bridgehead atoms. The summed E-state index contributed by atoms with van der Waals surface area (Å²) in [6.07, 6.45) is 1.51. The smallest absolute Gasteiger partial charge is 0.137 e. The highest BCUT2D eigenvalue weighted by molar-refractivity contribution is 5.79. The summed E-state index contributed by atoms with van der Waals surface area (Å²) < 4.78 is 18.5. The van der Waals surface area contributed by atoms with E-state index in [-0.39, 0.29) is 5.82 Å². The van der Waals surface area contributed by atoms with Crippen LogP contribution in [0.4, 0.5) is 4.39 Å². The molecule has 0 aliphatic rings. The molecule has 0 spiro atoms. The molecule has 62 valence electrons. The summed E-state index contributed by atoms with van der Waals surface area (Å²) >= 11 is 0. The van der Waals surface area contributed by atoms with E-state index in [1.165, 1.54) is 6.26 Å². The van der Waals surface area contributed by atoms with Crippen molar-refractivity contribution < 1.29 is 8.81 Å². The van der Waals surface area contributed by atoms with Crippen LogP contribution in [0.5, 0.6) is 0 Å². The van der Waals surface area contributed by atoms with Gasteiger partial charge in [0.05, 0.1) is 11.6 Å². The molecule has 0 aliphatic carbocycles. The number of hydrogen-bond acceptors (Lipinski definition) is 1. The zero-order valence-electron chi connectivity index (χ0n) is 7.02. The molecule has 0 unspecified atom stereocenters. The number of aryl methyl sites for hydroxylation is 1. The molecule has 2 rings (SSSR count). The van der Waals surface area contributed by atoms with Gasteiger partial charge in [0.2, 0.25) is 0 Å². The van der Waals surface area contributed by atoms with Crippen LogP contribution in [0.15, 0.2) is 22.8 Å². The van der Waals surface area contributed by atoms with Crippen LogP contribution in [-0.4, -0.2) is 0 Å². The minimum atomic E-state index is -0.168. The first kappa shape index (κ1) is 7.35. The number of halogens is 1. The van der Waals surface area contributed by atoms with Crippen LogP contribution in [0.2, 0.25) is 0 Å². The fourth-order valence-electron chi connectivity index (χ4n) is 1.29. The van der Waals surface area contributed by atoms with Gasteiger partial charge in [-0.2, -0.15) is 0 Å². The van der Waals surface area contributed by atoms with E-state index in [0.717, 1.165) is 5.56 Å². The Morgan fingerprint density at radius 1 is 1.33 bits per heavy atom. The number of fused-ring (bicyclic) bond motifs is 1. The molecule has 0 atom stereocenters. The molecule has 1 aromatic heterocycles. The second-order valence-electron chi connectivity index (χ2n) is 2.96. The third-order valence-corrected chi connectivity index (χ3v) is 2.20. The molecule has 0 aliphatic heterocycles. The van der Waals surface area contributed by atoms with E-state index in [2.05, 4.69) is 0 Å². The average molecular weight is 164 g/mol. The SMILES string of the molecule is Cc1cc2occc2c(F)c1C. The third kappa shape index (κ3) is 0.843. The topological polar surface area (TPSA) is 13.1 Å². The Bertz CT molecular complexity index is 429. The molecule has 0 fully saturated rings. The Labute approximate surface area is 69.8 Å². The van der Waals surface area contributed by atoms with Gasteiger partial charge in [-0.15, -0.1) is 0 Å². The van der Waals surface area contributed by atoms with Gasteiger partial charge in [0.15, 0.2) is 0 Å². The van der Waals surface area contributed by atoms with E-state index in [9.17, 15) is 4.39 Å². The Morgan fingerprint density at radius 3 is 2.83 bits per heavy atom. The lowest BCUT2D eigenvalue weighted by Gasteiger charge is -2.00. The van der Waals surface area contributed by atoms with Gasteiger partial charge in [0.25, 0.3) is 0 Å². The summed E-state index contributed by atoms with van der Waals surface area (Å²) in [5.41, 5.74) is 2.24. The van der Waals surface area contributed by atoms with E-state index in [1.807, 2.05) is 13.0 Å². The Hall–Kier alpha value is -1.31. The van der Waals surface area contributed by atoms with Crippen LogP contribution < -0.4 is 0 Å². The molecular weight excluding hydrogens is 155 g/mol. The van der Waals surface area contributed by atoms with Gasteiger partial charge in [-0.1, -0.05) is 0 Å². The molecule has 0 amide bonds. The Balaban J connectivity index is 2.94. The van der Waals surface area contributed by atoms with Crippen LogP contribution in [0.25, 0.3) is 11.0 Å². The number of benzene rings is 1. The van der Waals surface area contributed by atoms with Gasteiger partial charge in [-0.05, 0) is 37.1 Å². The summed E-state index contributed by atoms with van der Waals surface area (Å²) in [6, 6.07) is 3.50. The van der Waals surface area contributed by atoms with Gasteiger partial charge in [0, 0.05) is 0 Å². The Kier molecular flexibility index (Phi) is 1.43. The standard InChI is InChI=1S/C10H9FO/c1-6-5-9-8(3-4-12-9)10(11)7(6)2/h3-5H,1-2H3. The van der Waals surface area contributed by atoms with Crippen molar-refractivity contribution in [2.24, 2.45) is 0 Å². The highest BCUT2D eigenvalue weighted by atomic mass is 19.1. The summed E-state index contributed by atoms with van der Waals surface area (Å²) in [7, 11) is 0. The lowest BCUT2D eigenvalue weighted by atomic mass is 10.1. The van der Waals surface area contributed by atoms with Gasteiger partial charge >= 0.3 is 0 Å². The van der Waals surface area contributed by atoms with Gasteiger partial charge in [-0.3, -0.25) is 0 Å². The van der Waals surface area contributed by atoms with Crippen molar-refractivity contribution in [3.63, 3.8) is 0 Å². The lowest BCUT2D eigenvalue weighted by molar-refractivity contribution is 0.607. The first-order valence-electron chi connectivity index (χ1n) is 3.83. The zero-order chi connectivity index (χ0) is 8.72. The van der Waals surface area contributed by atoms with Crippen molar-refractivity contribution in [2.45, 2.75) is 13.8 Å². The maximum absolute atomic E-state index is 13.4. The summed E-state index contributed by atoms with van der Waals surface area (Å²) in [5.74, 6) is -0.168. The second kappa shape index (κ2) is 2.34. The lowest BCUT2D eigenvalue weighted by Crippen LogP contribution is -1.86. The molecule has 12 heavy (non-hydrogen) atoms. The highest BCUT2D eigenvalue weighted by Crippen LogP contribution is 2.24. The monoisotopic (exact) mass is 164 g/mol. The third-order valence-electron chi connectivity index (χ3n) is 2.20. The number of hydrogen-bond donors (Lipinski definition) is 0. The van der Waals surface area contributed by atoms with E-state index in [0.29, 0.717) is 16.5 Å². The minimum absolute atomic E-state index is 0.168. The minimum Gasteiger partial charge on any atom is -0.464 e. The normalized spacial score (nSPS) is 10.9. The predicted octanol–water partition coefficient (Wildman–Crippen LogP) is 3.19. The largest absolute Gasteiger partial charge is 0.464 e. The van der Waals surface area contributed by atoms with E-state index in [4.69, 9.17) is 4.42 Å². The van der Waals surface area contributed by atoms with Crippen molar-refractivity contribution in [2.75, 3.05) is 0 Å². The summed E-state index contributed by atoms with van der Waals surface area (Å²) in [6.45, 7) is 3.65. The van der Waals surface area contributed by atoms with Crippen LogP contribution in [0.3, 0.4) is 0 Å². The van der Waals surface area contributed by atoms with E-state index >= 15 is 0 Å². The second-order valence-corrected chi connectivity index (χ2v) is 2.96. The molecule has 0 saturated heterocycles. The highest BCUT2D eigenvalue weighted by Gasteiger charge is 2.08. The van der Waals surface area contributed by atoms with Crippen molar-refractivity contribution in [3.05, 3.63) is 35.3 Å². The van der Waals surface area contributed by atoms with Crippen molar-refractivity contribution >= 4 is 11.0 Å². The summed E-state index contributed by atoms with van der Waals surface area (Å²) in [4.78, 5) is 0. The van der Waals surface area contributed by atoms with Crippen LogP contribution in [0.1, 0.15) is 11.1 Å². The molecule has 0 N–H and O–H groups in total.